The van der Waals surface area contributed by atoms with Crippen LogP contribution in [-0.4, -0.2) is 24.1 Å². The Morgan fingerprint density at radius 2 is 1.72 bits per heavy atom. The van der Waals surface area contributed by atoms with Crippen LogP contribution in [0.5, 0.6) is 0 Å². The summed E-state index contributed by atoms with van der Waals surface area (Å²) in [6, 6.07) is 0. The molecule has 2 saturated carbocycles. The molecule has 106 valence electrons. The van der Waals surface area contributed by atoms with Crippen LogP contribution in [0.4, 0.5) is 0 Å². The van der Waals surface area contributed by atoms with Crippen LogP contribution in [-0.2, 0) is 0 Å². The standard InChI is InChI=1S/C16H31NS/c1-15(2,3)14-7-5-13(6-8-14)11-17-12-16(18-4)9-10-16/h13-14,17H,5-12H2,1-4H3. The number of hydrogen-bond acceptors (Lipinski definition) is 2. The van der Waals surface area contributed by atoms with E-state index in [1.54, 1.807) is 0 Å². The van der Waals surface area contributed by atoms with E-state index in [0.717, 1.165) is 11.8 Å². The fourth-order valence-electron chi connectivity index (χ4n) is 3.33. The van der Waals surface area contributed by atoms with Gasteiger partial charge in [-0.3, -0.25) is 0 Å². The molecule has 0 aliphatic heterocycles. The summed E-state index contributed by atoms with van der Waals surface area (Å²) < 4.78 is 0.628. The van der Waals surface area contributed by atoms with Crippen molar-refractivity contribution in [3.63, 3.8) is 0 Å². The summed E-state index contributed by atoms with van der Waals surface area (Å²) in [5, 5.41) is 3.74. The van der Waals surface area contributed by atoms with Crippen LogP contribution >= 0.6 is 11.8 Å². The molecule has 0 amide bonds. The molecule has 0 aromatic heterocycles. The molecule has 0 spiro atoms. The lowest BCUT2D eigenvalue weighted by Gasteiger charge is -2.37. The summed E-state index contributed by atoms with van der Waals surface area (Å²) in [6.45, 7) is 9.73. The Kier molecular flexibility index (Phi) is 4.70. The van der Waals surface area contributed by atoms with Gasteiger partial charge in [0.1, 0.15) is 0 Å². The van der Waals surface area contributed by atoms with Crippen LogP contribution in [0.1, 0.15) is 59.3 Å². The van der Waals surface area contributed by atoms with Crippen LogP contribution in [0.25, 0.3) is 0 Å². The van der Waals surface area contributed by atoms with Gasteiger partial charge < -0.3 is 5.32 Å². The van der Waals surface area contributed by atoms with Gasteiger partial charge in [-0.25, -0.2) is 0 Å². The van der Waals surface area contributed by atoms with Crippen molar-refractivity contribution in [2.45, 2.75) is 64.0 Å². The summed E-state index contributed by atoms with van der Waals surface area (Å²) in [5.41, 5.74) is 0.523. The predicted octanol–water partition coefficient (Wildman–Crippen LogP) is 4.32. The van der Waals surface area contributed by atoms with Gasteiger partial charge in [0.2, 0.25) is 0 Å². The van der Waals surface area contributed by atoms with Crippen molar-refractivity contribution in [2.24, 2.45) is 17.3 Å². The lowest BCUT2D eigenvalue weighted by atomic mass is 9.70. The van der Waals surface area contributed by atoms with Crippen LogP contribution in [0.2, 0.25) is 0 Å². The molecule has 2 heteroatoms. The van der Waals surface area contributed by atoms with Crippen molar-refractivity contribution in [1.29, 1.82) is 0 Å². The van der Waals surface area contributed by atoms with E-state index >= 15 is 0 Å². The molecule has 1 nitrogen and oxygen atoms in total. The molecule has 0 aromatic carbocycles. The molecule has 1 N–H and O–H groups in total. The van der Waals surface area contributed by atoms with Crippen LogP contribution in [0, 0.1) is 17.3 Å². The molecule has 0 unspecified atom stereocenters. The summed E-state index contributed by atoms with van der Waals surface area (Å²) in [4.78, 5) is 0. The van der Waals surface area contributed by atoms with Crippen molar-refractivity contribution in [3.8, 4) is 0 Å². The number of nitrogens with one attached hydrogen (secondary N) is 1. The maximum atomic E-state index is 3.74. The maximum Gasteiger partial charge on any atom is 0.0282 e. The Balaban J connectivity index is 1.62. The topological polar surface area (TPSA) is 12.0 Å². The monoisotopic (exact) mass is 269 g/mol. The molecule has 0 bridgehead atoms. The highest BCUT2D eigenvalue weighted by Gasteiger charge is 2.41. The van der Waals surface area contributed by atoms with Crippen molar-refractivity contribution in [2.75, 3.05) is 19.3 Å². The van der Waals surface area contributed by atoms with Crippen LogP contribution in [0.3, 0.4) is 0 Å². The van der Waals surface area contributed by atoms with Gasteiger partial charge in [-0.05, 0) is 68.6 Å². The van der Waals surface area contributed by atoms with Gasteiger partial charge in [-0.2, -0.15) is 11.8 Å². The molecule has 0 atom stereocenters. The summed E-state index contributed by atoms with van der Waals surface area (Å²) in [5.74, 6) is 1.90. The molecular weight excluding hydrogens is 238 g/mol. The van der Waals surface area contributed by atoms with Crippen molar-refractivity contribution in [1.82, 2.24) is 5.32 Å². The molecule has 2 aliphatic rings. The Bertz CT molecular complexity index is 257. The van der Waals surface area contributed by atoms with E-state index in [0.29, 0.717) is 10.2 Å². The lowest BCUT2D eigenvalue weighted by molar-refractivity contribution is 0.149. The van der Waals surface area contributed by atoms with E-state index in [9.17, 15) is 0 Å². The van der Waals surface area contributed by atoms with Crippen LogP contribution < -0.4 is 5.32 Å². The zero-order chi connectivity index (χ0) is 13.2. The zero-order valence-electron chi connectivity index (χ0n) is 12.7. The van der Waals surface area contributed by atoms with Gasteiger partial charge in [-0.1, -0.05) is 20.8 Å². The smallest absolute Gasteiger partial charge is 0.0282 e. The minimum Gasteiger partial charge on any atom is -0.315 e. The fraction of sp³-hybridized carbons (Fsp3) is 1.00. The normalized spacial score (nSPS) is 31.3. The van der Waals surface area contributed by atoms with Crippen molar-refractivity contribution in [3.05, 3.63) is 0 Å². The summed E-state index contributed by atoms with van der Waals surface area (Å²) in [7, 11) is 0. The SMILES string of the molecule is CSC1(CNCC2CCC(C(C)(C)C)CC2)CC1. The van der Waals surface area contributed by atoms with Gasteiger partial charge in [0.25, 0.3) is 0 Å². The third kappa shape index (κ3) is 3.90. The Labute approximate surface area is 118 Å². The Morgan fingerprint density at radius 3 is 2.17 bits per heavy atom. The quantitative estimate of drug-likeness (QED) is 0.797. The van der Waals surface area contributed by atoms with E-state index in [1.165, 1.54) is 51.6 Å². The first-order chi connectivity index (χ1) is 8.45. The van der Waals surface area contributed by atoms with Gasteiger partial charge in [-0.15, -0.1) is 0 Å². The average Bonchev–Trinajstić information content (AvgIpc) is 3.09. The van der Waals surface area contributed by atoms with Gasteiger partial charge >= 0.3 is 0 Å². The summed E-state index contributed by atoms with van der Waals surface area (Å²) in [6.07, 6.45) is 10.9. The Morgan fingerprint density at radius 1 is 1.11 bits per heavy atom. The van der Waals surface area contributed by atoms with E-state index in [4.69, 9.17) is 0 Å². The first kappa shape index (κ1) is 14.7. The van der Waals surface area contributed by atoms with Crippen molar-refractivity contribution >= 4 is 11.8 Å². The largest absolute Gasteiger partial charge is 0.315 e. The number of rotatable bonds is 5. The number of thioether (sulfide) groups is 1. The second kappa shape index (κ2) is 5.75. The first-order valence-electron chi connectivity index (χ1n) is 7.71. The highest BCUT2D eigenvalue weighted by molar-refractivity contribution is 8.00. The third-order valence-electron chi connectivity index (χ3n) is 5.19. The average molecular weight is 269 g/mol. The number of hydrogen-bond donors (Lipinski definition) is 1. The fourth-order valence-corrected chi connectivity index (χ4v) is 4.09. The van der Waals surface area contributed by atoms with Gasteiger partial charge in [0.05, 0.1) is 0 Å². The van der Waals surface area contributed by atoms with Gasteiger partial charge in [0, 0.05) is 11.3 Å². The molecule has 2 rings (SSSR count). The molecule has 0 saturated heterocycles. The van der Waals surface area contributed by atoms with E-state index in [1.807, 2.05) is 0 Å². The van der Waals surface area contributed by atoms with E-state index in [-0.39, 0.29) is 0 Å². The first-order valence-corrected chi connectivity index (χ1v) is 8.93. The summed E-state index contributed by atoms with van der Waals surface area (Å²) >= 11 is 2.07. The second-order valence-corrected chi connectivity index (χ2v) is 8.88. The molecule has 0 heterocycles. The predicted molar refractivity (Wildman–Crippen MR) is 83.3 cm³/mol. The van der Waals surface area contributed by atoms with E-state index < -0.39 is 0 Å². The molecule has 18 heavy (non-hydrogen) atoms. The molecule has 2 aliphatic carbocycles. The molecule has 2 fully saturated rings. The minimum absolute atomic E-state index is 0.523. The third-order valence-corrected chi connectivity index (χ3v) is 6.61. The van der Waals surface area contributed by atoms with Crippen molar-refractivity contribution < 1.29 is 0 Å². The van der Waals surface area contributed by atoms with E-state index in [2.05, 4.69) is 44.1 Å². The van der Waals surface area contributed by atoms with Gasteiger partial charge in [0.15, 0.2) is 0 Å². The molecular formula is C16H31NS. The Hall–Kier alpha value is 0.310. The molecule has 0 aromatic rings. The molecule has 0 radical (unpaired) electrons. The minimum atomic E-state index is 0.523. The second-order valence-electron chi connectivity index (χ2n) is 7.60. The maximum absolute atomic E-state index is 3.74. The zero-order valence-corrected chi connectivity index (χ0v) is 13.5. The highest BCUT2D eigenvalue weighted by atomic mass is 32.2. The van der Waals surface area contributed by atoms with Crippen LogP contribution in [0.15, 0.2) is 0 Å². The lowest BCUT2D eigenvalue weighted by Crippen LogP contribution is -2.33. The highest BCUT2D eigenvalue weighted by Crippen LogP contribution is 2.46.